The van der Waals surface area contributed by atoms with Crippen molar-refractivity contribution in [3.8, 4) is 0 Å². The van der Waals surface area contributed by atoms with E-state index in [4.69, 9.17) is 11.6 Å². The maximum Gasteiger partial charge on any atom is 0.224 e. The van der Waals surface area contributed by atoms with Gasteiger partial charge in [-0.3, -0.25) is 4.79 Å². The van der Waals surface area contributed by atoms with E-state index in [-0.39, 0.29) is 5.91 Å². The molecule has 0 aliphatic heterocycles. The van der Waals surface area contributed by atoms with Gasteiger partial charge >= 0.3 is 0 Å². The van der Waals surface area contributed by atoms with Gasteiger partial charge in [-0.1, -0.05) is 6.07 Å². The molecule has 17 heavy (non-hydrogen) atoms. The van der Waals surface area contributed by atoms with Crippen molar-refractivity contribution in [1.29, 1.82) is 0 Å². The van der Waals surface area contributed by atoms with Gasteiger partial charge in [0.2, 0.25) is 5.91 Å². The van der Waals surface area contributed by atoms with Gasteiger partial charge in [0.15, 0.2) is 0 Å². The van der Waals surface area contributed by atoms with Crippen LogP contribution in [0.1, 0.15) is 36.8 Å². The lowest BCUT2D eigenvalue weighted by Crippen LogP contribution is -2.12. The molecular formula is C14H18ClNO. The molecular weight excluding hydrogens is 234 g/mol. The third-order valence-electron chi connectivity index (χ3n) is 3.17. The summed E-state index contributed by atoms with van der Waals surface area (Å²) in [6, 6.07) is 6.27. The fourth-order valence-electron chi connectivity index (χ4n) is 2.26. The Labute approximate surface area is 107 Å². The molecule has 2 nitrogen and oxygen atoms in total. The molecule has 0 bridgehead atoms. The molecule has 0 spiro atoms. The molecule has 0 saturated heterocycles. The van der Waals surface area contributed by atoms with Crippen LogP contribution in [-0.4, -0.2) is 11.8 Å². The van der Waals surface area contributed by atoms with E-state index in [0.717, 1.165) is 18.5 Å². The molecule has 0 saturated carbocycles. The van der Waals surface area contributed by atoms with Crippen LogP contribution in [0.5, 0.6) is 0 Å². The Morgan fingerprint density at radius 1 is 1.24 bits per heavy atom. The second kappa shape index (κ2) is 6.06. The quantitative estimate of drug-likeness (QED) is 0.815. The van der Waals surface area contributed by atoms with E-state index >= 15 is 0 Å². The summed E-state index contributed by atoms with van der Waals surface area (Å²) in [4.78, 5) is 11.6. The number of hydrogen-bond acceptors (Lipinski definition) is 1. The maximum atomic E-state index is 11.6. The van der Waals surface area contributed by atoms with Gasteiger partial charge in [-0.25, -0.2) is 0 Å². The standard InChI is InChI=1S/C14H18ClNO/c15-9-3-6-14(17)16-13-8-7-11-4-1-2-5-12(11)10-13/h7-8,10H,1-6,9H2,(H,16,17). The average molecular weight is 252 g/mol. The second-order valence-corrected chi connectivity index (χ2v) is 4.91. The maximum absolute atomic E-state index is 11.6. The number of rotatable bonds is 4. The van der Waals surface area contributed by atoms with Crippen LogP contribution >= 0.6 is 11.6 Å². The zero-order valence-corrected chi connectivity index (χ0v) is 10.7. The Morgan fingerprint density at radius 2 is 2.00 bits per heavy atom. The lowest BCUT2D eigenvalue weighted by Gasteiger charge is -2.16. The third kappa shape index (κ3) is 3.47. The lowest BCUT2D eigenvalue weighted by atomic mass is 9.91. The number of aryl methyl sites for hydroxylation is 2. The van der Waals surface area contributed by atoms with Gasteiger partial charge in [0, 0.05) is 18.0 Å². The summed E-state index contributed by atoms with van der Waals surface area (Å²) in [5, 5.41) is 2.93. The number of hydrogen-bond donors (Lipinski definition) is 1. The molecule has 1 aromatic rings. The van der Waals surface area contributed by atoms with E-state index in [1.54, 1.807) is 0 Å². The summed E-state index contributed by atoms with van der Waals surface area (Å²) in [6.07, 6.45) is 6.10. The molecule has 1 aliphatic rings. The number of carbonyl (C=O) groups excluding carboxylic acids is 1. The lowest BCUT2D eigenvalue weighted by molar-refractivity contribution is -0.116. The van der Waals surface area contributed by atoms with Gasteiger partial charge in [0.05, 0.1) is 0 Å². The zero-order valence-electron chi connectivity index (χ0n) is 9.97. The van der Waals surface area contributed by atoms with Crippen LogP contribution < -0.4 is 5.32 Å². The minimum atomic E-state index is 0.0569. The van der Waals surface area contributed by atoms with E-state index in [1.165, 1.54) is 30.4 Å². The molecule has 1 N–H and O–H groups in total. The van der Waals surface area contributed by atoms with Gasteiger partial charge in [-0.05, 0) is 55.4 Å². The molecule has 1 amide bonds. The molecule has 1 aliphatic carbocycles. The topological polar surface area (TPSA) is 29.1 Å². The van der Waals surface area contributed by atoms with E-state index in [1.807, 2.05) is 6.07 Å². The normalized spacial score (nSPS) is 14.2. The minimum Gasteiger partial charge on any atom is -0.326 e. The van der Waals surface area contributed by atoms with Crippen molar-refractivity contribution in [3.05, 3.63) is 29.3 Å². The molecule has 0 radical (unpaired) electrons. The summed E-state index contributed by atoms with van der Waals surface area (Å²) in [7, 11) is 0. The Kier molecular flexibility index (Phi) is 4.43. The summed E-state index contributed by atoms with van der Waals surface area (Å²) in [5.74, 6) is 0.596. The second-order valence-electron chi connectivity index (χ2n) is 4.53. The number of halogens is 1. The zero-order chi connectivity index (χ0) is 12.1. The fraction of sp³-hybridized carbons (Fsp3) is 0.500. The van der Waals surface area contributed by atoms with Gasteiger partial charge in [-0.15, -0.1) is 11.6 Å². The van der Waals surface area contributed by atoms with Crippen LogP contribution in [0.3, 0.4) is 0 Å². The average Bonchev–Trinajstić information content (AvgIpc) is 2.36. The minimum absolute atomic E-state index is 0.0569. The Hall–Kier alpha value is -1.02. The number of nitrogens with one attached hydrogen (secondary N) is 1. The van der Waals surface area contributed by atoms with E-state index in [2.05, 4.69) is 17.4 Å². The monoisotopic (exact) mass is 251 g/mol. The summed E-state index contributed by atoms with van der Waals surface area (Å²) >= 11 is 5.56. The van der Waals surface area contributed by atoms with Crippen molar-refractivity contribution in [2.24, 2.45) is 0 Å². The number of anilines is 1. The first kappa shape index (κ1) is 12.4. The Bertz CT molecular complexity index is 403. The van der Waals surface area contributed by atoms with Crippen LogP contribution in [-0.2, 0) is 17.6 Å². The highest BCUT2D eigenvalue weighted by Gasteiger charge is 2.10. The van der Waals surface area contributed by atoms with Gasteiger partial charge in [-0.2, -0.15) is 0 Å². The predicted octanol–water partition coefficient (Wildman–Crippen LogP) is 3.52. The van der Waals surface area contributed by atoms with Crippen molar-refractivity contribution < 1.29 is 4.79 Å². The van der Waals surface area contributed by atoms with Gasteiger partial charge in [0.1, 0.15) is 0 Å². The number of alkyl halides is 1. The van der Waals surface area contributed by atoms with E-state index in [0.29, 0.717) is 12.3 Å². The summed E-state index contributed by atoms with van der Waals surface area (Å²) in [6.45, 7) is 0. The van der Waals surface area contributed by atoms with Crippen LogP contribution in [0.4, 0.5) is 5.69 Å². The summed E-state index contributed by atoms with van der Waals surface area (Å²) in [5.41, 5.74) is 3.76. The van der Waals surface area contributed by atoms with Crippen LogP contribution in [0, 0.1) is 0 Å². The SMILES string of the molecule is O=C(CCCCl)Nc1ccc2c(c1)CCCC2. The van der Waals surface area contributed by atoms with Crippen molar-refractivity contribution in [3.63, 3.8) is 0 Å². The van der Waals surface area contributed by atoms with E-state index < -0.39 is 0 Å². The highest BCUT2D eigenvalue weighted by molar-refractivity contribution is 6.18. The Morgan fingerprint density at radius 3 is 2.76 bits per heavy atom. The van der Waals surface area contributed by atoms with Crippen LogP contribution in [0.2, 0.25) is 0 Å². The van der Waals surface area contributed by atoms with Crippen LogP contribution in [0.25, 0.3) is 0 Å². The third-order valence-corrected chi connectivity index (χ3v) is 3.44. The molecule has 0 unspecified atom stereocenters. The fourth-order valence-corrected chi connectivity index (χ4v) is 2.40. The van der Waals surface area contributed by atoms with Crippen molar-refractivity contribution in [2.75, 3.05) is 11.2 Å². The first-order valence-corrected chi connectivity index (χ1v) is 6.80. The molecule has 2 rings (SSSR count). The molecule has 92 valence electrons. The summed E-state index contributed by atoms with van der Waals surface area (Å²) < 4.78 is 0. The molecule has 3 heteroatoms. The number of benzene rings is 1. The largest absolute Gasteiger partial charge is 0.326 e. The smallest absolute Gasteiger partial charge is 0.224 e. The molecule has 0 aromatic heterocycles. The highest BCUT2D eigenvalue weighted by Crippen LogP contribution is 2.24. The predicted molar refractivity (Wildman–Crippen MR) is 71.7 cm³/mol. The van der Waals surface area contributed by atoms with Crippen molar-refractivity contribution in [2.45, 2.75) is 38.5 Å². The van der Waals surface area contributed by atoms with Crippen LogP contribution in [0.15, 0.2) is 18.2 Å². The van der Waals surface area contributed by atoms with E-state index in [9.17, 15) is 4.79 Å². The number of fused-ring (bicyclic) bond motifs is 1. The molecule has 0 atom stereocenters. The molecule has 0 heterocycles. The van der Waals surface area contributed by atoms with Crippen molar-refractivity contribution in [1.82, 2.24) is 0 Å². The van der Waals surface area contributed by atoms with Gasteiger partial charge < -0.3 is 5.32 Å². The number of amides is 1. The molecule has 0 fully saturated rings. The highest BCUT2D eigenvalue weighted by atomic mass is 35.5. The first-order chi connectivity index (χ1) is 8.29. The number of carbonyl (C=O) groups is 1. The molecule has 1 aromatic carbocycles. The van der Waals surface area contributed by atoms with Crippen molar-refractivity contribution >= 4 is 23.2 Å². The first-order valence-electron chi connectivity index (χ1n) is 6.27. The Balaban J connectivity index is 1.99. The van der Waals surface area contributed by atoms with Gasteiger partial charge in [0.25, 0.3) is 0 Å².